The molecule has 102 valence electrons. The Balaban J connectivity index is 1.88. The molecule has 0 saturated carbocycles. The number of H-pyrrole nitrogens is 1. The summed E-state index contributed by atoms with van der Waals surface area (Å²) in [4.78, 5) is 11.9. The minimum Gasteiger partial charge on any atom is -0.345 e. The van der Waals surface area contributed by atoms with Crippen molar-refractivity contribution in [3.05, 3.63) is 60.7 Å². The Morgan fingerprint density at radius 3 is 2.95 bits per heavy atom. The van der Waals surface area contributed by atoms with Gasteiger partial charge in [0.15, 0.2) is 5.82 Å². The summed E-state index contributed by atoms with van der Waals surface area (Å²) in [5.41, 5.74) is 5.02. The third kappa shape index (κ3) is 1.99. The number of hydrogen-bond donors (Lipinski definition) is 1. The molecule has 0 radical (unpaired) electrons. The largest absolute Gasteiger partial charge is 0.345 e. The average Bonchev–Trinajstić information content (AvgIpc) is 3.15. The summed E-state index contributed by atoms with van der Waals surface area (Å²) < 4.78 is 1.85. The van der Waals surface area contributed by atoms with Crippen molar-refractivity contribution >= 4 is 11.0 Å². The molecule has 0 aliphatic rings. The number of hydrogen-bond acceptors (Lipinski definition) is 3. The first-order valence-corrected chi connectivity index (χ1v) is 6.73. The van der Waals surface area contributed by atoms with Crippen molar-refractivity contribution in [3.8, 4) is 17.1 Å². The summed E-state index contributed by atoms with van der Waals surface area (Å²) in [5.74, 6) is 0.819. The van der Waals surface area contributed by atoms with Crippen LogP contribution in [0.25, 0.3) is 28.1 Å². The Kier molecular flexibility index (Phi) is 2.57. The molecule has 5 nitrogen and oxygen atoms in total. The molecule has 21 heavy (non-hydrogen) atoms. The van der Waals surface area contributed by atoms with Crippen molar-refractivity contribution in [3.63, 3.8) is 0 Å². The van der Waals surface area contributed by atoms with E-state index in [1.807, 2.05) is 48.0 Å². The van der Waals surface area contributed by atoms with Gasteiger partial charge < -0.3 is 4.98 Å². The summed E-state index contributed by atoms with van der Waals surface area (Å²) >= 11 is 0. The molecule has 1 aromatic carbocycles. The highest BCUT2D eigenvalue weighted by Gasteiger charge is 2.09. The molecule has 4 aromatic rings. The van der Waals surface area contributed by atoms with E-state index in [2.05, 4.69) is 26.1 Å². The van der Waals surface area contributed by atoms with Gasteiger partial charge in [-0.05, 0) is 37.3 Å². The summed E-state index contributed by atoms with van der Waals surface area (Å²) in [6.45, 7) is 1.98. The van der Waals surface area contributed by atoms with Crippen LogP contribution in [-0.4, -0.2) is 24.7 Å². The van der Waals surface area contributed by atoms with Gasteiger partial charge in [-0.1, -0.05) is 12.1 Å². The first-order valence-electron chi connectivity index (χ1n) is 6.73. The van der Waals surface area contributed by atoms with Gasteiger partial charge in [-0.2, -0.15) is 5.10 Å². The normalized spacial score (nSPS) is 11.1. The van der Waals surface area contributed by atoms with Crippen molar-refractivity contribution in [2.45, 2.75) is 6.92 Å². The summed E-state index contributed by atoms with van der Waals surface area (Å²) in [6.07, 6.45) is 3.49. The third-order valence-electron chi connectivity index (χ3n) is 3.45. The van der Waals surface area contributed by atoms with E-state index in [0.29, 0.717) is 0 Å². The molecular formula is C16H13N5. The topological polar surface area (TPSA) is 59.4 Å². The second kappa shape index (κ2) is 4.56. The molecule has 5 heteroatoms. The maximum absolute atomic E-state index is 4.53. The van der Waals surface area contributed by atoms with E-state index in [1.54, 1.807) is 12.5 Å². The lowest BCUT2D eigenvalue weighted by molar-refractivity contribution is 0.848. The number of benzene rings is 1. The number of pyridine rings is 1. The van der Waals surface area contributed by atoms with Crippen molar-refractivity contribution in [1.29, 1.82) is 0 Å². The monoisotopic (exact) mass is 275 g/mol. The predicted molar refractivity (Wildman–Crippen MR) is 81.2 cm³/mol. The molecule has 3 aromatic heterocycles. The Morgan fingerprint density at radius 2 is 2.05 bits per heavy atom. The molecule has 0 spiro atoms. The second-order valence-corrected chi connectivity index (χ2v) is 4.90. The highest BCUT2D eigenvalue weighted by atomic mass is 15.3. The van der Waals surface area contributed by atoms with Gasteiger partial charge in [-0.25, -0.2) is 14.6 Å². The highest BCUT2D eigenvalue weighted by Crippen LogP contribution is 2.24. The Morgan fingerprint density at radius 1 is 1.10 bits per heavy atom. The smallest absolute Gasteiger partial charge is 0.154 e. The maximum atomic E-state index is 4.53. The van der Waals surface area contributed by atoms with Crippen LogP contribution in [0.3, 0.4) is 0 Å². The number of imidazole rings is 1. The van der Waals surface area contributed by atoms with Crippen molar-refractivity contribution in [2.24, 2.45) is 0 Å². The quantitative estimate of drug-likeness (QED) is 0.611. The highest BCUT2D eigenvalue weighted by molar-refractivity contribution is 5.80. The number of nitrogens with zero attached hydrogens (tertiary/aromatic N) is 4. The second-order valence-electron chi connectivity index (χ2n) is 4.90. The van der Waals surface area contributed by atoms with Gasteiger partial charge in [0.05, 0.1) is 29.3 Å². The number of aryl methyl sites for hydroxylation is 1. The van der Waals surface area contributed by atoms with E-state index in [9.17, 15) is 0 Å². The van der Waals surface area contributed by atoms with E-state index >= 15 is 0 Å². The van der Waals surface area contributed by atoms with Crippen molar-refractivity contribution in [1.82, 2.24) is 24.7 Å². The van der Waals surface area contributed by atoms with Gasteiger partial charge in [0, 0.05) is 11.3 Å². The van der Waals surface area contributed by atoms with E-state index in [4.69, 9.17) is 0 Å². The van der Waals surface area contributed by atoms with E-state index in [-0.39, 0.29) is 0 Å². The van der Waals surface area contributed by atoms with Crippen LogP contribution in [-0.2, 0) is 0 Å². The zero-order valence-electron chi connectivity index (χ0n) is 11.5. The number of fused-ring (bicyclic) bond motifs is 1. The molecule has 4 rings (SSSR count). The Hall–Kier alpha value is -2.95. The molecule has 0 aliphatic carbocycles. The molecule has 0 saturated heterocycles. The average molecular weight is 275 g/mol. The number of aromatic amines is 1. The fraction of sp³-hybridized carbons (Fsp3) is 0.0625. The summed E-state index contributed by atoms with van der Waals surface area (Å²) in [7, 11) is 0. The predicted octanol–water partition coefficient (Wildman–Crippen LogP) is 3.12. The van der Waals surface area contributed by atoms with Crippen LogP contribution in [0.1, 0.15) is 5.69 Å². The summed E-state index contributed by atoms with van der Waals surface area (Å²) in [6, 6.07) is 14.0. The van der Waals surface area contributed by atoms with Crippen LogP contribution in [0.4, 0.5) is 0 Å². The van der Waals surface area contributed by atoms with Crippen LogP contribution >= 0.6 is 0 Å². The van der Waals surface area contributed by atoms with E-state index in [1.165, 1.54) is 0 Å². The van der Waals surface area contributed by atoms with Crippen LogP contribution in [0.2, 0.25) is 0 Å². The molecule has 0 amide bonds. The van der Waals surface area contributed by atoms with Gasteiger partial charge >= 0.3 is 0 Å². The zero-order valence-corrected chi connectivity index (χ0v) is 11.5. The summed E-state index contributed by atoms with van der Waals surface area (Å²) in [5, 5.41) is 4.40. The Labute approximate surface area is 121 Å². The fourth-order valence-corrected chi connectivity index (χ4v) is 2.45. The molecule has 0 atom stereocenters. The molecule has 0 bridgehead atoms. The third-order valence-corrected chi connectivity index (χ3v) is 3.45. The van der Waals surface area contributed by atoms with Crippen LogP contribution in [0, 0.1) is 6.92 Å². The minimum absolute atomic E-state index is 0.819. The Bertz CT molecular complexity index is 919. The lowest BCUT2D eigenvalue weighted by atomic mass is 10.1. The van der Waals surface area contributed by atoms with Gasteiger partial charge in [-0.15, -0.1) is 0 Å². The molecule has 0 aliphatic heterocycles. The SMILES string of the molecule is Cc1cccc(-n2nccc2-c2ccc3nc[nH]c3c2)n1. The van der Waals surface area contributed by atoms with E-state index in [0.717, 1.165) is 33.8 Å². The maximum Gasteiger partial charge on any atom is 0.154 e. The van der Waals surface area contributed by atoms with Gasteiger partial charge in [0.1, 0.15) is 0 Å². The fourth-order valence-electron chi connectivity index (χ4n) is 2.45. The van der Waals surface area contributed by atoms with Gasteiger partial charge in [-0.3, -0.25) is 0 Å². The van der Waals surface area contributed by atoms with Gasteiger partial charge in [0.25, 0.3) is 0 Å². The minimum atomic E-state index is 0.819. The van der Waals surface area contributed by atoms with Crippen molar-refractivity contribution < 1.29 is 0 Å². The number of rotatable bonds is 2. The first kappa shape index (κ1) is 11.8. The van der Waals surface area contributed by atoms with Crippen molar-refractivity contribution in [2.75, 3.05) is 0 Å². The molecular weight excluding hydrogens is 262 g/mol. The lowest BCUT2D eigenvalue weighted by Gasteiger charge is -2.07. The lowest BCUT2D eigenvalue weighted by Crippen LogP contribution is -2.02. The van der Waals surface area contributed by atoms with Crippen LogP contribution in [0.15, 0.2) is 55.0 Å². The molecule has 1 N–H and O–H groups in total. The molecule has 0 fully saturated rings. The zero-order chi connectivity index (χ0) is 14.2. The van der Waals surface area contributed by atoms with Crippen LogP contribution in [0.5, 0.6) is 0 Å². The van der Waals surface area contributed by atoms with Gasteiger partial charge in [0.2, 0.25) is 0 Å². The van der Waals surface area contributed by atoms with E-state index < -0.39 is 0 Å². The van der Waals surface area contributed by atoms with Crippen LogP contribution < -0.4 is 0 Å². The number of nitrogens with one attached hydrogen (secondary N) is 1. The molecule has 3 heterocycles. The molecule has 0 unspecified atom stereocenters. The number of aromatic nitrogens is 5. The standard InChI is InChI=1S/C16H13N5/c1-11-3-2-4-16(20-11)21-15(7-8-19-21)12-5-6-13-14(9-12)18-10-17-13/h2-10H,1H3,(H,17,18). The first-order chi connectivity index (χ1) is 10.3.